The van der Waals surface area contributed by atoms with Crippen molar-refractivity contribution in [3.05, 3.63) is 17.7 Å². The first-order valence-electron chi connectivity index (χ1n) is 5.23. The minimum Gasteiger partial charge on any atom is -0.493 e. The molecule has 17 heavy (non-hydrogen) atoms. The molecule has 0 heterocycles. The predicted molar refractivity (Wildman–Crippen MR) is 64.7 cm³/mol. The van der Waals surface area contributed by atoms with Crippen molar-refractivity contribution >= 4 is 0 Å². The molecule has 1 aromatic carbocycles. The second kappa shape index (κ2) is 5.25. The number of hydrogen-bond donors (Lipinski definition) is 2. The van der Waals surface area contributed by atoms with Crippen LogP contribution in [0.4, 0.5) is 0 Å². The quantitative estimate of drug-likeness (QED) is 0.800. The van der Waals surface area contributed by atoms with Crippen LogP contribution >= 0.6 is 0 Å². The molecule has 5 heteroatoms. The lowest BCUT2D eigenvalue weighted by molar-refractivity contribution is 0.0662. The van der Waals surface area contributed by atoms with Crippen LogP contribution in [0.1, 0.15) is 12.5 Å². The maximum Gasteiger partial charge on any atom is 0.203 e. The van der Waals surface area contributed by atoms with E-state index in [0.717, 1.165) is 0 Å². The number of benzene rings is 1. The third-order valence-corrected chi connectivity index (χ3v) is 2.68. The number of nitrogens with two attached hydrogens (primary N) is 1. The summed E-state index contributed by atoms with van der Waals surface area (Å²) in [7, 11) is 4.58. The lowest BCUT2D eigenvalue weighted by atomic mass is 9.95. The molecule has 5 nitrogen and oxygen atoms in total. The van der Waals surface area contributed by atoms with E-state index in [1.165, 1.54) is 21.3 Å². The van der Waals surface area contributed by atoms with Crippen LogP contribution in [-0.4, -0.2) is 33.0 Å². The van der Waals surface area contributed by atoms with Crippen molar-refractivity contribution in [2.24, 2.45) is 5.73 Å². The summed E-state index contributed by atoms with van der Waals surface area (Å²) in [6, 6.07) is 3.38. The van der Waals surface area contributed by atoms with Crippen molar-refractivity contribution in [1.82, 2.24) is 0 Å². The van der Waals surface area contributed by atoms with E-state index in [2.05, 4.69) is 0 Å². The molecule has 0 amide bonds. The first-order valence-corrected chi connectivity index (χ1v) is 5.23. The highest BCUT2D eigenvalue weighted by atomic mass is 16.5. The van der Waals surface area contributed by atoms with Gasteiger partial charge in [0.15, 0.2) is 11.5 Å². The summed E-state index contributed by atoms with van der Waals surface area (Å²) >= 11 is 0. The fourth-order valence-corrected chi connectivity index (χ4v) is 1.51. The van der Waals surface area contributed by atoms with E-state index < -0.39 is 5.60 Å². The normalized spacial score (nSPS) is 14.0. The van der Waals surface area contributed by atoms with Crippen molar-refractivity contribution in [3.63, 3.8) is 0 Å². The Morgan fingerprint density at radius 2 is 1.59 bits per heavy atom. The Kier molecular flexibility index (Phi) is 4.20. The van der Waals surface area contributed by atoms with Crippen LogP contribution in [0, 0.1) is 0 Å². The number of rotatable bonds is 5. The molecule has 1 aromatic rings. The summed E-state index contributed by atoms with van der Waals surface area (Å²) in [5.74, 6) is 1.48. The lowest BCUT2D eigenvalue weighted by Crippen LogP contribution is -2.31. The molecule has 0 spiro atoms. The van der Waals surface area contributed by atoms with E-state index in [1.807, 2.05) is 0 Å². The molecule has 0 bridgehead atoms. The van der Waals surface area contributed by atoms with E-state index in [4.69, 9.17) is 19.9 Å². The van der Waals surface area contributed by atoms with Gasteiger partial charge in [-0.25, -0.2) is 0 Å². The largest absolute Gasteiger partial charge is 0.493 e. The van der Waals surface area contributed by atoms with Gasteiger partial charge in [-0.05, 0) is 24.6 Å². The van der Waals surface area contributed by atoms with Crippen LogP contribution in [0.25, 0.3) is 0 Å². The average molecular weight is 241 g/mol. The highest BCUT2D eigenvalue weighted by Crippen LogP contribution is 2.40. The Hall–Kier alpha value is -1.46. The van der Waals surface area contributed by atoms with Crippen LogP contribution in [0.15, 0.2) is 12.1 Å². The molecule has 3 N–H and O–H groups in total. The summed E-state index contributed by atoms with van der Waals surface area (Å²) in [5, 5.41) is 10.1. The van der Waals surface area contributed by atoms with E-state index in [9.17, 15) is 5.11 Å². The fourth-order valence-electron chi connectivity index (χ4n) is 1.51. The summed E-state index contributed by atoms with van der Waals surface area (Å²) in [5.41, 5.74) is 5.02. The van der Waals surface area contributed by atoms with Crippen molar-refractivity contribution in [1.29, 1.82) is 0 Å². The zero-order chi connectivity index (χ0) is 13.1. The molecule has 0 aromatic heterocycles. The minimum absolute atomic E-state index is 0.103. The van der Waals surface area contributed by atoms with Crippen molar-refractivity contribution in [2.75, 3.05) is 27.9 Å². The topological polar surface area (TPSA) is 73.9 Å². The molecule has 0 saturated carbocycles. The summed E-state index contributed by atoms with van der Waals surface area (Å²) < 4.78 is 15.6. The summed E-state index contributed by atoms with van der Waals surface area (Å²) in [4.78, 5) is 0. The molecule has 1 rings (SSSR count). The maximum atomic E-state index is 10.1. The Morgan fingerprint density at radius 1 is 1.12 bits per heavy atom. The number of aliphatic hydroxyl groups is 1. The Bertz CT molecular complexity index is 365. The van der Waals surface area contributed by atoms with Crippen LogP contribution in [0.2, 0.25) is 0 Å². The number of ether oxygens (including phenoxy) is 3. The zero-order valence-electron chi connectivity index (χ0n) is 10.6. The van der Waals surface area contributed by atoms with Gasteiger partial charge in [-0.3, -0.25) is 0 Å². The van der Waals surface area contributed by atoms with Gasteiger partial charge in [0.1, 0.15) is 0 Å². The molecule has 0 fully saturated rings. The second-order valence-electron chi connectivity index (χ2n) is 3.89. The molecule has 0 aliphatic carbocycles. The van der Waals surface area contributed by atoms with E-state index in [1.54, 1.807) is 19.1 Å². The van der Waals surface area contributed by atoms with Gasteiger partial charge in [0.05, 0.1) is 26.9 Å². The van der Waals surface area contributed by atoms with Crippen molar-refractivity contribution in [3.8, 4) is 17.2 Å². The molecular weight excluding hydrogens is 222 g/mol. The predicted octanol–water partition coefficient (Wildman–Crippen LogP) is 0.879. The maximum absolute atomic E-state index is 10.1. The van der Waals surface area contributed by atoms with Gasteiger partial charge in [-0.2, -0.15) is 0 Å². The highest BCUT2D eigenvalue weighted by Gasteiger charge is 2.25. The van der Waals surface area contributed by atoms with Crippen LogP contribution in [-0.2, 0) is 5.60 Å². The fraction of sp³-hybridized carbons (Fsp3) is 0.500. The number of hydrogen-bond acceptors (Lipinski definition) is 5. The third-order valence-electron chi connectivity index (χ3n) is 2.68. The van der Waals surface area contributed by atoms with Gasteiger partial charge in [0.25, 0.3) is 0 Å². The van der Waals surface area contributed by atoms with Crippen LogP contribution in [0.5, 0.6) is 17.2 Å². The molecule has 0 saturated heterocycles. The zero-order valence-corrected chi connectivity index (χ0v) is 10.6. The van der Waals surface area contributed by atoms with E-state index in [0.29, 0.717) is 22.8 Å². The second-order valence-corrected chi connectivity index (χ2v) is 3.89. The lowest BCUT2D eigenvalue weighted by Gasteiger charge is -2.24. The van der Waals surface area contributed by atoms with Gasteiger partial charge in [0.2, 0.25) is 5.75 Å². The Balaban J connectivity index is 3.37. The van der Waals surface area contributed by atoms with Gasteiger partial charge < -0.3 is 25.1 Å². The number of methoxy groups -OCH3 is 3. The molecule has 0 aliphatic rings. The first-order chi connectivity index (χ1) is 8.00. The summed E-state index contributed by atoms with van der Waals surface area (Å²) in [6.45, 7) is 1.74. The molecule has 0 radical (unpaired) electrons. The molecule has 1 atom stereocenters. The molecule has 96 valence electrons. The monoisotopic (exact) mass is 241 g/mol. The standard InChI is InChI=1S/C12H19NO4/c1-12(14,7-13)8-5-9(15-2)11(17-4)10(6-8)16-3/h5-6,14H,7,13H2,1-4H3/t12-/m1/s1. The molecule has 0 unspecified atom stereocenters. The van der Waals surface area contributed by atoms with Crippen molar-refractivity contribution in [2.45, 2.75) is 12.5 Å². The SMILES string of the molecule is COc1cc([C@](C)(O)CN)cc(OC)c1OC. The van der Waals surface area contributed by atoms with Crippen LogP contribution < -0.4 is 19.9 Å². The van der Waals surface area contributed by atoms with Gasteiger partial charge in [-0.1, -0.05) is 0 Å². The van der Waals surface area contributed by atoms with Gasteiger partial charge in [0, 0.05) is 6.54 Å². The molecule has 0 aliphatic heterocycles. The third kappa shape index (κ3) is 2.62. The van der Waals surface area contributed by atoms with Gasteiger partial charge >= 0.3 is 0 Å². The minimum atomic E-state index is -1.13. The van der Waals surface area contributed by atoms with Gasteiger partial charge in [-0.15, -0.1) is 0 Å². The van der Waals surface area contributed by atoms with Crippen molar-refractivity contribution < 1.29 is 19.3 Å². The highest BCUT2D eigenvalue weighted by molar-refractivity contribution is 5.54. The smallest absolute Gasteiger partial charge is 0.203 e. The Morgan fingerprint density at radius 3 is 1.88 bits per heavy atom. The molecular formula is C12H19NO4. The average Bonchev–Trinajstić information content (AvgIpc) is 2.36. The Labute approximate surface area is 101 Å². The van der Waals surface area contributed by atoms with Crippen LogP contribution in [0.3, 0.4) is 0 Å². The summed E-state index contributed by atoms with van der Waals surface area (Å²) in [6.07, 6.45) is 0. The first kappa shape index (κ1) is 13.6. The van der Waals surface area contributed by atoms with E-state index in [-0.39, 0.29) is 6.54 Å². The van der Waals surface area contributed by atoms with E-state index >= 15 is 0 Å².